The molecule has 0 bridgehead atoms. The molecule has 1 amide bonds. The second kappa shape index (κ2) is 8.33. The van der Waals surface area contributed by atoms with Gasteiger partial charge in [-0.15, -0.1) is 0 Å². The van der Waals surface area contributed by atoms with Crippen molar-refractivity contribution in [1.29, 1.82) is 0 Å². The summed E-state index contributed by atoms with van der Waals surface area (Å²) in [5.41, 5.74) is 1.39. The van der Waals surface area contributed by atoms with Crippen LogP contribution in [0.3, 0.4) is 0 Å². The smallest absolute Gasteiger partial charge is 0.246 e. The summed E-state index contributed by atoms with van der Waals surface area (Å²) in [5.74, 6) is 1.08. The summed E-state index contributed by atoms with van der Waals surface area (Å²) in [6.45, 7) is 1.57. The van der Waals surface area contributed by atoms with Gasteiger partial charge in [-0.2, -0.15) is 0 Å². The maximum atomic E-state index is 13.3. The molecule has 2 heterocycles. The first-order chi connectivity index (χ1) is 13.9. The number of benzene rings is 2. The molecule has 2 aromatic rings. The number of ether oxygens (including phenoxy) is 2. The van der Waals surface area contributed by atoms with Crippen molar-refractivity contribution in [1.82, 2.24) is 4.90 Å². The van der Waals surface area contributed by atoms with Gasteiger partial charge in [0.1, 0.15) is 19.3 Å². The van der Waals surface area contributed by atoms with Crippen molar-refractivity contribution in [2.45, 2.75) is 6.04 Å². The molecule has 29 heavy (non-hydrogen) atoms. The van der Waals surface area contributed by atoms with E-state index >= 15 is 0 Å². The average molecular weight is 481 g/mol. The van der Waals surface area contributed by atoms with Crippen LogP contribution in [0.25, 0.3) is 0 Å². The van der Waals surface area contributed by atoms with E-state index in [1.54, 1.807) is 12.1 Å². The lowest BCUT2D eigenvalue weighted by Gasteiger charge is -2.33. The molecule has 2 aromatic carbocycles. The Hall–Kier alpha value is -2.10. The van der Waals surface area contributed by atoms with Crippen LogP contribution in [0.5, 0.6) is 11.5 Å². The minimum absolute atomic E-state index is 0.0529. The largest absolute Gasteiger partial charge is 0.486 e. The van der Waals surface area contributed by atoms with E-state index in [4.69, 9.17) is 9.47 Å². The molecule has 7 nitrogen and oxygen atoms in total. The molecule has 0 radical (unpaired) electrons. The molecule has 1 saturated heterocycles. The topological polar surface area (TPSA) is 84.9 Å². The average Bonchev–Trinajstić information content (AvgIpc) is 2.71. The lowest BCUT2D eigenvalue weighted by molar-refractivity contribution is -0.121. The van der Waals surface area contributed by atoms with Crippen molar-refractivity contribution in [3.8, 4) is 11.5 Å². The molecule has 154 valence electrons. The van der Waals surface area contributed by atoms with Gasteiger partial charge >= 0.3 is 0 Å². The van der Waals surface area contributed by atoms with Crippen LogP contribution in [0.15, 0.2) is 46.9 Å². The number of hydrogen-bond acceptors (Lipinski definition) is 6. The second-order valence-corrected chi connectivity index (χ2v) is 10.1. The van der Waals surface area contributed by atoms with Crippen LogP contribution in [-0.2, 0) is 14.6 Å². The predicted octanol–water partition coefficient (Wildman–Crippen LogP) is 2.63. The maximum Gasteiger partial charge on any atom is 0.246 e. The Morgan fingerprint density at radius 1 is 1.03 bits per heavy atom. The van der Waals surface area contributed by atoms with Crippen molar-refractivity contribution in [3.05, 3.63) is 52.5 Å². The van der Waals surface area contributed by atoms with Gasteiger partial charge in [0.25, 0.3) is 0 Å². The summed E-state index contributed by atoms with van der Waals surface area (Å²) >= 11 is 3.48. The highest BCUT2D eigenvalue weighted by Crippen LogP contribution is 2.38. The third kappa shape index (κ3) is 4.57. The molecule has 1 unspecified atom stereocenters. The number of sulfone groups is 1. The zero-order chi connectivity index (χ0) is 20.4. The fraction of sp³-hybridized carbons (Fsp3) is 0.350. The van der Waals surface area contributed by atoms with E-state index in [0.29, 0.717) is 48.0 Å². The number of amides is 1. The van der Waals surface area contributed by atoms with Crippen LogP contribution in [-0.4, -0.2) is 57.0 Å². The minimum atomic E-state index is -3.04. The summed E-state index contributed by atoms with van der Waals surface area (Å²) in [6.07, 6.45) is 0. The van der Waals surface area contributed by atoms with Gasteiger partial charge in [0, 0.05) is 29.7 Å². The summed E-state index contributed by atoms with van der Waals surface area (Å²) in [6, 6.07) is 12.3. The van der Waals surface area contributed by atoms with E-state index in [2.05, 4.69) is 21.2 Å². The molecule has 9 heteroatoms. The fourth-order valence-electron chi connectivity index (χ4n) is 3.51. The molecule has 0 aliphatic carbocycles. The van der Waals surface area contributed by atoms with Gasteiger partial charge in [-0.25, -0.2) is 8.42 Å². The summed E-state index contributed by atoms with van der Waals surface area (Å²) < 4.78 is 35.5. The molecule has 0 aromatic heterocycles. The SMILES string of the molecule is O=C(Nc1cc2c(cc1Br)OCCO2)C(c1ccccc1)N1CCS(=O)(=O)CC1. The van der Waals surface area contributed by atoms with Gasteiger partial charge in [-0.3, -0.25) is 9.69 Å². The second-order valence-electron chi connectivity index (χ2n) is 6.97. The summed E-state index contributed by atoms with van der Waals surface area (Å²) in [4.78, 5) is 15.2. The Morgan fingerprint density at radius 3 is 2.31 bits per heavy atom. The van der Waals surface area contributed by atoms with Gasteiger partial charge in [-0.1, -0.05) is 30.3 Å². The number of nitrogens with zero attached hydrogens (tertiary/aromatic N) is 1. The van der Waals surface area contributed by atoms with Crippen molar-refractivity contribution in [2.24, 2.45) is 0 Å². The standard InChI is InChI=1S/C20H21BrN2O5S/c21-15-12-17-18(28-9-8-27-17)13-16(15)22-20(24)19(14-4-2-1-3-5-14)23-6-10-29(25,26)11-7-23/h1-5,12-13,19H,6-11H2,(H,22,24). The molecule has 2 aliphatic heterocycles. The molecule has 1 N–H and O–H groups in total. The van der Waals surface area contributed by atoms with Gasteiger partial charge < -0.3 is 14.8 Å². The number of nitrogens with one attached hydrogen (secondary N) is 1. The van der Waals surface area contributed by atoms with Crippen molar-refractivity contribution >= 4 is 37.4 Å². The zero-order valence-electron chi connectivity index (χ0n) is 15.6. The number of halogens is 1. The van der Waals surface area contributed by atoms with E-state index in [0.717, 1.165) is 5.56 Å². The molecule has 2 aliphatic rings. The van der Waals surface area contributed by atoms with Crippen molar-refractivity contribution in [3.63, 3.8) is 0 Å². The van der Waals surface area contributed by atoms with Crippen LogP contribution < -0.4 is 14.8 Å². The summed E-state index contributed by atoms with van der Waals surface area (Å²) in [5, 5.41) is 2.96. The highest BCUT2D eigenvalue weighted by atomic mass is 79.9. The van der Waals surface area contributed by atoms with Crippen LogP contribution in [0.4, 0.5) is 5.69 Å². The Labute approximate surface area is 178 Å². The van der Waals surface area contributed by atoms with E-state index < -0.39 is 15.9 Å². The van der Waals surface area contributed by atoms with E-state index in [-0.39, 0.29) is 17.4 Å². The highest BCUT2D eigenvalue weighted by molar-refractivity contribution is 9.10. The Kier molecular flexibility index (Phi) is 5.80. The maximum absolute atomic E-state index is 13.3. The highest BCUT2D eigenvalue weighted by Gasteiger charge is 2.33. The predicted molar refractivity (Wildman–Crippen MR) is 113 cm³/mol. The molecule has 1 fully saturated rings. The monoisotopic (exact) mass is 480 g/mol. The first kappa shape index (κ1) is 20.2. The first-order valence-corrected chi connectivity index (χ1v) is 11.9. The molecule has 0 saturated carbocycles. The minimum Gasteiger partial charge on any atom is -0.486 e. The number of fused-ring (bicyclic) bond motifs is 1. The third-order valence-electron chi connectivity index (χ3n) is 5.00. The lowest BCUT2D eigenvalue weighted by atomic mass is 10.0. The van der Waals surface area contributed by atoms with E-state index in [1.165, 1.54) is 0 Å². The van der Waals surface area contributed by atoms with Crippen molar-refractivity contribution in [2.75, 3.05) is 43.1 Å². The summed E-state index contributed by atoms with van der Waals surface area (Å²) in [7, 11) is -3.04. The van der Waals surface area contributed by atoms with Gasteiger partial charge in [-0.05, 0) is 21.5 Å². The zero-order valence-corrected chi connectivity index (χ0v) is 18.0. The lowest BCUT2D eigenvalue weighted by Crippen LogP contribution is -2.46. The number of carbonyl (C=O) groups excluding carboxylic acids is 1. The van der Waals surface area contributed by atoms with Crippen LogP contribution in [0.2, 0.25) is 0 Å². The first-order valence-electron chi connectivity index (χ1n) is 9.32. The normalized spacial score (nSPS) is 19.3. The van der Waals surface area contributed by atoms with Crippen LogP contribution in [0.1, 0.15) is 11.6 Å². The Morgan fingerprint density at radius 2 is 1.66 bits per heavy atom. The molecular weight excluding hydrogens is 460 g/mol. The van der Waals surface area contributed by atoms with Crippen molar-refractivity contribution < 1.29 is 22.7 Å². The number of rotatable bonds is 4. The number of hydrogen-bond donors (Lipinski definition) is 1. The molecule has 0 spiro atoms. The van der Waals surface area contributed by atoms with E-state index in [1.807, 2.05) is 35.2 Å². The van der Waals surface area contributed by atoms with Gasteiger partial charge in [0.2, 0.25) is 5.91 Å². The molecule has 4 rings (SSSR count). The third-order valence-corrected chi connectivity index (χ3v) is 7.26. The fourth-order valence-corrected chi connectivity index (χ4v) is 5.16. The Balaban J connectivity index is 1.60. The molecule has 1 atom stereocenters. The quantitative estimate of drug-likeness (QED) is 0.723. The van der Waals surface area contributed by atoms with E-state index in [9.17, 15) is 13.2 Å². The van der Waals surface area contributed by atoms with Gasteiger partial charge in [0.15, 0.2) is 21.3 Å². The van der Waals surface area contributed by atoms with Crippen LogP contribution >= 0.6 is 15.9 Å². The molecular formula is C20H21BrN2O5S. The number of carbonyl (C=O) groups is 1. The number of anilines is 1. The van der Waals surface area contributed by atoms with Gasteiger partial charge in [0.05, 0.1) is 17.2 Å². The van der Waals surface area contributed by atoms with Crippen LogP contribution in [0, 0.1) is 0 Å². The Bertz CT molecular complexity index is 999.